The largest absolute Gasteiger partial charge is 0.381 e. The molecule has 2 aromatic rings. The second-order valence-electron chi connectivity index (χ2n) is 9.56. The quantitative estimate of drug-likeness (QED) is 0.661. The number of carbonyl (C=O) groups excluding carboxylic acids is 1. The number of halogens is 1. The molecule has 9 heteroatoms. The van der Waals surface area contributed by atoms with Crippen LogP contribution in [-0.2, 0) is 15.2 Å². The number of hydrogen-bond donors (Lipinski definition) is 0. The van der Waals surface area contributed by atoms with Crippen LogP contribution in [0, 0.1) is 5.82 Å². The summed E-state index contributed by atoms with van der Waals surface area (Å²) < 4.78 is 27.8. The molecule has 34 heavy (non-hydrogen) atoms. The average molecular weight is 487 g/mol. The molecule has 4 aliphatic rings. The predicted octanol–water partition coefficient (Wildman–Crippen LogP) is 3.58. The van der Waals surface area contributed by atoms with E-state index in [1.54, 1.807) is 6.07 Å². The van der Waals surface area contributed by atoms with Crippen LogP contribution in [0.1, 0.15) is 47.8 Å². The number of aromatic nitrogens is 2. The standard InChI is InChI=1S/C25H31FN4O3S/c26-21-5-1-4-19-23-20(16-34-24(19)21)22(25(31)28-9-13-33-14-10-28)27-30(23)18-3-2-8-29(15-18)17-6-11-32-12-7-17/h1,4-5,17-18H,2-3,6-16H2. The number of ether oxygens (including phenoxy) is 2. The van der Waals surface area contributed by atoms with Gasteiger partial charge in [0.1, 0.15) is 5.82 Å². The van der Waals surface area contributed by atoms with Gasteiger partial charge in [-0.05, 0) is 38.3 Å². The van der Waals surface area contributed by atoms with Crippen molar-refractivity contribution in [3.05, 3.63) is 35.3 Å². The summed E-state index contributed by atoms with van der Waals surface area (Å²) in [6.45, 7) is 5.92. The van der Waals surface area contributed by atoms with E-state index in [2.05, 4.69) is 9.58 Å². The molecule has 1 aromatic carbocycles. The van der Waals surface area contributed by atoms with Gasteiger partial charge in [0.15, 0.2) is 5.69 Å². The number of nitrogens with zero attached hydrogens (tertiary/aromatic N) is 4. The Kier molecular flexibility index (Phi) is 6.36. The lowest BCUT2D eigenvalue weighted by atomic mass is 9.98. The van der Waals surface area contributed by atoms with Gasteiger partial charge in [-0.2, -0.15) is 5.10 Å². The molecule has 5 heterocycles. The van der Waals surface area contributed by atoms with Gasteiger partial charge >= 0.3 is 0 Å². The van der Waals surface area contributed by atoms with E-state index in [0.29, 0.717) is 48.7 Å². The summed E-state index contributed by atoms with van der Waals surface area (Å²) in [7, 11) is 0. The number of morpholine rings is 1. The minimum absolute atomic E-state index is 0.0316. The molecule has 3 saturated heterocycles. The molecule has 1 unspecified atom stereocenters. The van der Waals surface area contributed by atoms with Crippen molar-refractivity contribution >= 4 is 17.7 Å². The van der Waals surface area contributed by atoms with Crippen LogP contribution >= 0.6 is 11.8 Å². The molecule has 6 rings (SSSR count). The lowest BCUT2D eigenvalue weighted by Crippen LogP contribution is -2.46. The molecule has 0 radical (unpaired) electrons. The summed E-state index contributed by atoms with van der Waals surface area (Å²) in [6, 6.07) is 5.96. The van der Waals surface area contributed by atoms with Crippen LogP contribution in [0.4, 0.5) is 4.39 Å². The fraction of sp³-hybridized carbons (Fsp3) is 0.600. The van der Waals surface area contributed by atoms with Crippen molar-refractivity contribution in [2.24, 2.45) is 0 Å². The highest BCUT2D eigenvalue weighted by molar-refractivity contribution is 7.98. The zero-order valence-electron chi connectivity index (χ0n) is 19.4. The van der Waals surface area contributed by atoms with Gasteiger partial charge in [-0.1, -0.05) is 12.1 Å². The summed E-state index contributed by atoms with van der Waals surface area (Å²) in [5.74, 6) is 0.329. The summed E-state index contributed by atoms with van der Waals surface area (Å²) in [5, 5.41) is 5.00. The smallest absolute Gasteiger partial charge is 0.274 e. The normalized spacial score (nSPS) is 24.0. The van der Waals surface area contributed by atoms with Crippen LogP contribution in [0.3, 0.4) is 0 Å². The third kappa shape index (κ3) is 4.06. The van der Waals surface area contributed by atoms with Gasteiger partial charge in [0.05, 0.1) is 29.8 Å². The summed E-state index contributed by atoms with van der Waals surface area (Å²) in [5.41, 5.74) is 3.27. The van der Waals surface area contributed by atoms with Crippen LogP contribution in [0.5, 0.6) is 0 Å². The van der Waals surface area contributed by atoms with E-state index < -0.39 is 0 Å². The van der Waals surface area contributed by atoms with Crippen LogP contribution in [0.15, 0.2) is 23.1 Å². The van der Waals surface area contributed by atoms with Gasteiger partial charge in [-0.15, -0.1) is 11.8 Å². The Bertz CT molecular complexity index is 1060. The lowest BCUT2D eigenvalue weighted by Gasteiger charge is -2.40. The first-order chi connectivity index (χ1) is 16.7. The summed E-state index contributed by atoms with van der Waals surface area (Å²) in [4.78, 5) is 18.6. The number of thioether (sulfide) groups is 1. The van der Waals surface area contributed by atoms with Gasteiger partial charge in [0.25, 0.3) is 5.91 Å². The topological polar surface area (TPSA) is 59.8 Å². The molecule has 3 fully saturated rings. The maximum absolute atomic E-state index is 14.7. The molecule has 0 saturated carbocycles. The minimum atomic E-state index is -0.200. The van der Waals surface area contributed by atoms with Crippen molar-refractivity contribution in [2.45, 2.75) is 48.4 Å². The van der Waals surface area contributed by atoms with E-state index in [9.17, 15) is 9.18 Å². The number of carbonyl (C=O) groups is 1. The highest BCUT2D eigenvalue weighted by Gasteiger charge is 2.36. The molecule has 0 N–H and O–H groups in total. The molecule has 0 spiro atoms. The Labute approximate surface area is 203 Å². The van der Waals surface area contributed by atoms with Crippen LogP contribution in [0.25, 0.3) is 11.3 Å². The number of rotatable bonds is 3. The number of amides is 1. The van der Waals surface area contributed by atoms with Crippen LogP contribution < -0.4 is 0 Å². The van der Waals surface area contributed by atoms with E-state index in [1.165, 1.54) is 17.8 Å². The highest BCUT2D eigenvalue weighted by Crippen LogP contribution is 2.45. The van der Waals surface area contributed by atoms with Crippen molar-refractivity contribution in [3.8, 4) is 11.3 Å². The number of benzene rings is 1. The summed E-state index contributed by atoms with van der Waals surface area (Å²) >= 11 is 1.47. The van der Waals surface area contributed by atoms with E-state index in [4.69, 9.17) is 14.6 Å². The average Bonchev–Trinajstić information content (AvgIpc) is 3.30. The van der Waals surface area contributed by atoms with Crippen molar-refractivity contribution < 1.29 is 18.7 Å². The number of hydrogen-bond acceptors (Lipinski definition) is 6. The van der Waals surface area contributed by atoms with Crippen molar-refractivity contribution in [2.75, 3.05) is 52.6 Å². The Morgan fingerprint density at radius 1 is 1.03 bits per heavy atom. The second kappa shape index (κ2) is 9.60. The van der Waals surface area contributed by atoms with Gasteiger partial charge in [-0.3, -0.25) is 14.4 Å². The lowest BCUT2D eigenvalue weighted by molar-refractivity contribution is 0.0180. The Balaban J connectivity index is 1.39. The van der Waals surface area contributed by atoms with Gasteiger partial charge in [0.2, 0.25) is 0 Å². The number of piperidine rings is 1. The van der Waals surface area contributed by atoms with E-state index >= 15 is 0 Å². The fourth-order valence-electron chi connectivity index (χ4n) is 5.79. The van der Waals surface area contributed by atoms with E-state index in [0.717, 1.165) is 68.8 Å². The molecular formula is C25H31FN4O3S. The third-order valence-electron chi connectivity index (χ3n) is 7.57. The molecule has 1 amide bonds. The van der Waals surface area contributed by atoms with Gasteiger partial charge < -0.3 is 14.4 Å². The number of likely N-dealkylation sites (tertiary alicyclic amines) is 1. The first-order valence-corrected chi connectivity index (χ1v) is 13.4. The van der Waals surface area contributed by atoms with E-state index in [-0.39, 0.29) is 17.8 Å². The summed E-state index contributed by atoms with van der Waals surface area (Å²) in [6.07, 6.45) is 4.23. The Hall–Kier alpha value is -1.94. The molecule has 182 valence electrons. The molecule has 0 aliphatic carbocycles. The van der Waals surface area contributed by atoms with Gasteiger partial charge in [0, 0.05) is 55.8 Å². The Morgan fingerprint density at radius 2 is 1.82 bits per heavy atom. The molecule has 1 atom stereocenters. The maximum atomic E-state index is 14.7. The molecule has 7 nitrogen and oxygen atoms in total. The van der Waals surface area contributed by atoms with Crippen molar-refractivity contribution in [3.63, 3.8) is 0 Å². The van der Waals surface area contributed by atoms with Crippen LogP contribution in [-0.4, -0.2) is 84.1 Å². The second-order valence-corrected chi connectivity index (χ2v) is 10.6. The van der Waals surface area contributed by atoms with Gasteiger partial charge in [-0.25, -0.2) is 4.39 Å². The van der Waals surface area contributed by atoms with E-state index in [1.807, 2.05) is 11.0 Å². The first kappa shape index (κ1) is 22.5. The van der Waals surface area contributed by atoms with Crippen LogP contribution in [0.2, 0.25) is 0 Å². The van der Waals surface area contributed by atoms with Crippen molar-refractivity contribution in [1.82, 2.24) is 19.6 Å². The molecule has 0 bridgehead atoms. The SMILES string of the molecule is O=C(c1nn(C2CCCN(C3CCOCC3)C2)c2c1CSc1c(F)cccc1-2)N1CCOCC1. The predicted molar refractivity (Wildman–Crippen MR) is 128 cm³/mol. The highest BCUT2D eigenvalue weighted by atomic mass is 32.2. The monoisotopic (exact) mass is 486 g/mol. The molecule has 4 aliphatic heterocycles. The zero-order chi connectivity index (χ0) is 23.1. The minimum Gasteiger partial charge on any atom is -0.381 e. The van der Waals surface area contributed by atoms with Crippen molar-refractivity contribution in [1.29, 1.82) is 0 Å². The Morgan fingerprint density at radius 3 is 2.65 bits per heavy atom. The molecule has 1 aromatic heterocycles. The zero-order valence-corrected chi connectivity index (χ0v) is 20.2. The number of fused-ring (bicyclic) bond motifs is 3. The third-order valence-corrected chi connectivity index (χ3v) is 8.71. The first-order valence-electron chi connectivity index (χ1n) is 12.4. The molecular weight excluding hydrogens is 455 g/mol. The maximum Gasteiger partial charge on any atom is 0.274 e. The fourth-order valence-corrected chi connectivity index (χ4v) is 6.88.